The Morgan fingerprint density at radius 1 is 1.17 bits per heavy atom. The van der Waals surface area contributed by atoms with Gasteiger partial charge in [-0.1, -0.05) is 11.6 Å². The Labute approximate surface area is 106 Å². The molecule has 0 aliphatic rings. The number of hydrogen-bond acceptors (Lipinski definition) is 2. The molecule has 0 saturated heterocycles. The third kappa shape index (κ3) is 2.46. The van der Waals surface area contributed by atoms with Crippen molar-refractivity contribution in [3.8, 4) is 11.3 Å². The van der Waals surface area contributed by atoms with Crippen LogP contribution in [-0.2, 0) is 0 Å². The van der Waals surface area contributed by atoms with Crippen LogP contribution in [0, 0.1) is 11.6 Å². The maximum absolute atomic E-state index is 13.1. The van der Waals surface area contributed by atoms with Crippen LogP contribution >= 0.6 is 11.6 Å². The highest BCUT2D eigenvalue weighted by atomic mass is 35.5. The first-order valence-electron chi connectivity index (χ1n) is 4.83. The van der Waals surface area contributed by atoms with E-state index in [0.717, 1.165) is 12.1 Å². The number of carboxylic acids is 1. The second-order valence-electron chi connectivity index (χ2n) is 3.50. The molecule has 2 aromatic rings. The summed E-state index contributed by atoms with van der Waals surface area (Å²) < 4.78 is 25.9. The van der Waals surface area contributed by atoms with Crippen LogP contribution in [0.2, 0.25) is 5.15 Å². The summed E-state index contributed by atoms with van der Waals surface area (Å²) in [5, 5.41) is 8.83. The van der Waals surface area contributed by atoms with E-state index in [1.54, 1.807) is 0 Å². The molecule has 3 nitrogen and oxygen atoms in total. The van der Waals surface area contributed by atoms with Crippen molar-refractivity contribution >= 4 is 17.6 Å². The number of halogens is 3. The smallest absolute Gasteiger partial charge is 0.335 e. The molecule has 0 aliphatic carbocycles. The fourth-order valence-electron chi connectivity index (χ4n) is 1.42. The van der Waals surface area contributed by atoms with Crippen LogP contribution in [0.5, 0.6) is 0 Å². The van der Waals surface area contributed by atoms with Gasteiger partial charge in [0.2, 0.25) is 0 Å². The lowest BCUT2D eigenvalue weighted by molar-refractivity contribution is 0.0697. The number of nitrogens with zero attached hydrogens (tertiary/aromatic N) is 1. The van der Waals surface area contributed by atoms with Gasteiger partial charge in [-0.3, -0.25) is 0 Å². The largest absolute Gasteiger partial charge is 0.478 e. The minimum atomic E-state index is -1.18. The molecule has 18 heavy (non-hydrogen) atoms. The van der Waals surface area contributed by atoms with Crippen molar-refractivity contribution in [1.82, 2.24) is 4.98 Å². The summed E-state index contributed by atoms with van der Waals surface area (Å²) in [5.41, 5.74) is 0.340. The first kappa shape index (κ1) is 12.4. The molecule has 1 heterocycles. The number of benzene rings is 1. The highest BCUT2D eigenvalue weighted by molar-refractivity contribution is 6.29. The van der Waals surface area contributed by atoms with E-state index < -0.39 is 17.6 Å². The Bertz CT molecular complexity index is 631. The summed E-state index contributed by atoms with van der Waals surface area (Å²) in [6.07, 6.45) is 0. The molecule has 92 valence electrons. The summed E-state index contributed by atoms with van der Waals surface area (Å²) in [6.45, 7) is 0. The molecule has 1 aromatic heterocycles. The average molecular weight is 270 g/mol. The zero-order valence-corrected chi connectivity index (χ0v) is 9.58. The highest BCUT2D eigenvalue weighted by Crippen LogP contribution is 2.23. The van der Waals surface area contributed by atoms with Gasteiger partial charge >= 0.3 is 5.97 Å². The summed E-state index contributed by atoms with van der Waals surface area (Å²) in [7, 11) is 0. The molecular weight excluding hydrogens is 264 g/mol. The van der Waals surface area contributed by atoms with Crippen molar-refractivity contribution in [2.45, 2.75) is 0 Å². The van der Waals surface area contributed by atoms with Crippen molar-refractivity contribution in [3.05, 3.63) is 52.7 Å². The summed E-state index contributed by atoms with van der Waals surface area (Å²) in [6, 6.07) is 5.57. The van der Waals surface area contributed by atoms with Crippen molar-refractivity contribution in [2.24, 2.45) is 0 Å². The molecule has 0 spiro atoms. The number of rotatable bonds is 2. The Morgan fingerprint density at radius 2 is 1.89 bits per heavy atom. The van der Waals surface area contributed by atoms with Gasteiger partial charge in [0.25, 0.3) is 0 Å². The van der Waals surface area contributed by atoms with Gasteiger partial charge in [-0.15, -0.1) is 0 Å². The standard InChI is InChI=1S/C12H6ClF2NO2/c13-11-5-7(12(17)18)4-10(16-11)6-1-2-8(14)9(15)3-6/h1-5H,(H,17,18). The van der Waals surface area contributed by atoms with E-state index in [-0.39, 0.29) is 22.0 Å². The van der Waals surface area contributed by atoms with Crippen molar-refractivity contribution in [2.75, 3.05) is 0 Å². The van der Waals surface area contributed by atoms with Crippen molar-refractivity contribution in [1.29, 1.82) is 0 Å². The normalized spacial score (nSPS) is 10.4. The second-order valence-corrected chi connectivity index (χ2v) is 3.89. The zero-order valence-electron chi connectivity index (χ0n) is 8.82. The molecule has 0 aliphatic heterocycles. The van der Waals surface area contributed by atoms with Gasteiger partial charge in [-0.25, -0.2) is 18.6 Å². The van der Waals surface area contributed by atoms with E-state index in [2.05, 4.69) is 4.98 Å². The lowest BCUT2D eigenvalue weighted by atomic mass is 10.1. The van der Waals surface area contributed by atoms with E-state index in [4.69, 9.17) is 16.7 Å². The van der Waals surface area contributed by atoms with Crippen LogP contribution in [0.1, 0.15) is 10.4 Å². The summed E-state index contributed by atoms with van der Waals surface area (Å²) in [4.78, 5) is 14.7. The lowest BCUT2D eigenvalue weighted by Crippen LogP contribution is -1.98. The van der Waals surface area contributed by atoms with E-state index in [1.165, 1.54) is 18.2 Å². The van der Waals surface area contributed by atoms with Crippen LogP contribution < -0.4 is 0 Å². The van der Waals surface area contributed by atoms with Gasteiger partial charge in [0.05, 0.1) is 11.3 Å². The minimum Gasteiger partial charge on any atom is -0.478 e. The van der Waals surface area contributed by atoms with Crippen LogP contribution in [0.4, 0.5) is 8.78 Å². The Morgan fingerprint density at radius 3 is 2.50 bits per heavy atom. The van der Waals surface area contributed by atoms with Gasteiger partial charge in [0, 0.05) is 5.56 Å². The molecule has 2 rings (SSSR count). The third-order valence-electron chi connectivity index (χ3n) is 2.26. The van der Waals surface area contributed by atoms with E-state index in [0.29, 0.717) is 0 Å². The predicted octanol–water partition coefficient (Wildman–Crippen LogP) is 3.38. The van der Waals surface area contributed by atoms with Gasteiger partial charge < -0.3 is 5.11 Å². The Balaban J connectivity index is 2.56. The number of aromatic carboxylic acids is 1. The fraction of sp³-hybridized carbons (Fsp3) is 0. The van der Waals surface area contributed by atoms with E-state index in [1.807, 2.05) is 0 Å². The Kier molecular flexibility index (Phi) is 3.25. The maximum Gasteiger partial charge on any atom is 0.335 e. The summed E-state index contributed by atoms with van der Waals surface area (Å²) in [5.74, 6) is -3.20. The summed E-state index contributed by atoms with van der Waals surface area (Å²) >= 11 is 5.67. The monoisotopic (exact) mass is 269 g/mol. The number of aromatic nitrogens is 1. The van der Waals surface area contributed by atoms with Crippen molar-refractivity contribution < 1.29 is 18.7 Å². The zero-order chi connectivity index (χ0) is 13.3. The topological polar surface area (TPSA) is 50.2 Å². The second kappa shape index (κ2) is 4.70. The first-order chi connectivity index (χ1) is 8.47. The molecule has 6 heteroatoms. The molecule has 0 atom stereocenters. The van der Waals surface area contributed by atoms with Crippen LogP contribution in [0.15, 0.2) is 30.3 Å². The minimum absolute atomic E-state index is 0.0327. The van der Waals surface area contributed by atoms with Crippen molar-refractivity contribution in [3.63, 3.8) is 0 Å². The molecular formula is C12H6ClF2NO2. The van der Waals surface area contributed by atoms with Crippen LogP contribution in [-0.4, -0.2) is 16.1 Å². The number of hydrogen-bond donors (Lipinski definition) is 1. The third-order valence-corrected chi connectivity index (χ3v) is 2.45. The van der Waals surface area contributed by atoms with E-state index >= 15 is 0 Å². The molecule has 0 saturated carbocycles. The van der Waals surface area contributed by atoms with Crippen LogP contribution in [0.25, 0.3) is 11.3 Å². The molecule has 0 bridgehead atoms. The molecule has 0 unspecified atom stereocenters. The lowest BCUT2D eigenvalue weighted by Gasteiger charge is -2.04. The number of carbonyl (C=O) groups is 1. The quantitative estimate of drug-likeness (QED) is 0.850. The molecule has 1 aromatic carbocycles. The highest BCUT2D eigenvalue weighted by Gasteiger charge is 2.11. The molecule has 0 amide bonds. The number of pyridine rings is 1. The fourth-order valence-corrected chi connectivity index (χ4v) is 1.63. The van der Waals surface area contributed by atoms with Gasteiger partial charge in [-0.2, -0.15) is 0 Å². The van der Waals surface area contributed by atoms with E-state index in [9.17, 15) is 13.6 Å². The SMILES string of the molecule is O=C(O)c1cc(Cl)nc(-c2ccc(F)c(F)c2)c1. The number of carboxylic acid groups (broad SMARTS) is 1. The Hall–Kier alpha value is -2.01. The van der Waals surface area contributed by atoms with Gasteiger partial charge in [0.15, 0.2) is 11.6 Å². The van der Waals surface area contributed by atoms with Gasteiger partial charge in [0.1, 0.15) is 5.15 Å². The molecule has 0 radical (unpaired) electrons. The van der Waals surface area contributed by atoms with Crippen LogP contribution in [0.3, 0.4) is 0 Å². The first-order valence-corrected chi connectivity index (χ1v) is 5.21. The van der Waals surface area contributed by atoms with Gasteiger partial charge in [-0.05, 0) is 30.3 Å². The predicted molar refractivity (Wildman–Crippen MR) is 61.6 cm³/mol. The molecule has 1 N–H and O–H groups in total. The molecule has 0 fully saturated rings. The maximum atomic E-state index is 13.1. The average Bonchev–Trinajstić information content (AvgIpc) is 2.31.